The third-order valence-corrected chi connectivity index (χ3v) is 7.42. The third kappa shape index (κ3) is 8.42. The van der Waals surface area contributed by atoms with Crippen LogP contribution in [0.3, 0.4) is 0 Å². The smallest absolute Gasteiger partial charge is 0.291 e. The van der Waals surface area contributed by atoms with Crippen LogP contribution in [-0.2, 0) is 0 Å². The number of pyridine rings is 1. The molecule has 6 aromatic rings. The second-order valence-electron chi connectivity index (χ2n) is 10.5. The van der Waals surface area contributed by atoms with Crippen LogP contribution >= 0.6 is 15.9 Å². The fraction of sp³-hybridized carbons (Fsp3) is 0.0286. The second-order valence-corrected chi connectivity index (χ2v) is 11.4. The summed E-state index contributed by atoms with van der Waals surface area (Å²) in [5.41, 5.74) is 1.73. The molecule has 0 aliphatic rings. The second kappa shape index (κ2) is 15.1. The average molecular weight is 752 g/mol. The van der Waals surface area contributed by atoms with Gasteiger partial charge in [-0.3, -0.25) is 14.6 Å². The van der Waals surface area contributed by atoms with E-state index in [9.17, 15) is 23.6 Å². The van der Waals surface area contributed by atoms with Gasteiger partial charge in [0.2, 0.25) is 11.6 Å². The van der Waals surface area contributed by atoms with Crippen molar-refractivity contribution < 1.29 is 32.4 Å². The molecule has 3 N–H and O–H groups in total. The number of hydrogen-bond donors (Lipinski definition) is 3. The maximum atomic E-state index is 14.5. The number of aromatic nitrogens is 5. The fourth-order valence-corrected chi connectivity index (χ4v) is 4.98. The molecule has 0 fully saturated rings. The van der Waals surface area contributed by atoms with Crippen LogP contribution in [0, 0.1) is 23.0 Å². The van der Waals surface area contributed by atoms with Crippen LogP contribution in [-0.4, -0.2) is 38.8 Å². The van der Waals surface area contributed by atoms with Gasteiger partial charge in [-0.1, -0.05) is 20.9 Å². The van der Waals surface area contributed by atoms with Gasteiger partial charge < -0.3 is 25.4 Å². The maximum Gasteiger partial charge on any atom is 0.291 e. The number of anilines is 3. The molecule has 0 bridgehead atoms. The summed E-state index contributed by atoms with van der Waals surface area (Å²) >= 11 is 3.33. The minimum Gasteiger partial charge on any atom is -0.451 e. The maximum absolute atomic E-state index is 14.5. The van der Waals surface area contributed by atoms with Gasteiger partial charge in [-0.25, -0.2) is 14.4 Å². The molecule has 0 radical (unpaired) electrons. The van der Waals surface area contributed by atoms with Crippen molar-refractivity contribution >= 4 is 44.8 Å². The molecule has 2 amide bonds. The van der Waals surface area contributed by atoms with E-state index in [0.717, 1.165) is 12.1 Å². The van der Waals surface area contributed by atoms with Crippen molar-refractivity contribution in [1.82, 2.24) is 19.9 Å². The minimum absolute atomic E-state index is 0.0357. The normalized spacial score (nSPS) is 10.5. The molecule has 0 aliphatic heterocycles. The number of rotatable bonds is 10. The number of benzene rings is 3. The molecule has 252 valence electrons. The summed E-state index contributed by atoms with van der Waals surface area (Å²) in [6.07, 6.45) is 9.75. The lowest BCUT2D eigenvalue weighted by atomic mass is 10.1. The Balaban J connectivity index is 1.23. The molecule has 6 rings (SSSR count). The minimum atomic E-state index is -1.27. The van der Waals surface area contributed by atoms with E-state index in [2.05, 4.69) is 51.8 Å². The highest BCUT2D eigenvalue weighted by Crippen LogP contribution is 2.30. The predicted molar refractivity (Wildman–Crippen MR) is 183 cm³/mol. The van der Waals surface area contributed by atoms with E-state index in [1.165, 1.54) is 60.2 Å². The first kappa shape index (κ1) is 34.0. The van der Waals surface area contributed by atoms with Gasteiger partial charge in [0.15, 0.2) is 23.5 Å². The van der Waals surface area contributed by atoms with Crippen molar-refractivity contribution in [3.63, 3.8) is 0 Å². The quantitative estimate of drug-likeness (QED) is 0.130. The number of nitrogens with one attached hydrogen (secondary N) is 3. The van der Waals surface area contributed by atoms with Crippen LogP contribution in [0.15, 0.2) is 109 Å². The Morgan fingerprint density at radius 1 is 0.843 bits per heavy atom. The van der Waals surface area contributed by atoms with Crippen LogP contribution in [0.1, 0.15) is 26.4 Å². The molecular formula is C35H23BrF2N9O4+. The van der Waals surface area contributed by atoms with E-state index in [-0.39, 0.29) is 34.0 Å². The lowest BCUT2D eigenvalue weighted by Crippen LogP contribution is -2.31. The average Bonchev–Trinajstić information content (AvgIpc) is 3.13. The van der Waals surface area contributed by atoms with Crippen molar-refractivity contribution in [2.24, 2.45) is 0 Å². The van der Waals surface area contributed by atoms with Gasteiger partial charge in [0.1, 0.15) is 29.7 Å². The zero-order chi connectivity index (χ0) is 35.9. The van der Waals surface area contributed by atoms with Gasteiger partial charge in [-0.15, -0.1) is 0 Å². The Labute approximate surface area is 296 Å². The summed E-state index contributed by atoms with van der Waals surface area (Å²) in [6.45, 7) is 0. The van der Waals surface area contributed by atoms with Crippen molar-refractivity contribution in [2.45, 2.75) is 0 Å². The number of carbonyl (C=O) groups is 2. The van der Waals surface area contributed by atoms with Crippen LogP contribution in [0.25, 0.3) is 5.69 Å². The Bertz CT molecular complexity index is 2320. The molecule has 0 unspecified atom stereocenters. The van der Waals surface area contributed by atoms with Crippen molar-refractivity contribution in [1.29, 1.82) is 5.26 Å². The number of nitrogens with zero attached hydrogens (tertiary/aromatic N) is 6. The lowest BCUT2D eigenvalue weighted by molar-refractivity contribution is -0.599. The zero-order valence-electron chi connectivity index (χ0n) is 26.3. The lowest BCUT2D eigenvalue weighted by Gasteiger charge is -2.12. The van der Waals surface area contributed by atoms with Gasteiger partial charge in [-0.05, 0) is 30.3 Å². The highest BCUT2D eigenvalue weighted by Gasteiger charge is 2.18. The Kier molecular flexibility index (Phi) is 10.1. The van der Waals surface area contributed by atoms with Gasteiger partial charge in [-0.2, -0.15) is 14.2 Å². The first-order chi connectivity index (χ1) is 24.7. The van der Waals surface area contributed by atoms with Crippen molar-refractivity contribution in [3.05, 3.63) is 137 Å². The Hall–Kier alpha value is -6.86. The molecule has 0 saturated heterocycles. The summed E-state index contributed by atoms with van der Waals surface area (Å²) in [4.78, 5) is 42.0. The fourth-order valence-electron chi connectivity index (χ4n) is 4.65. The van der Waals surface area contributed by atoms with Crippen molar-refractivity contribution in [3.8, 4) is 34.8 Å². The van der Waals surface area contributed by atoms with E-state index < -0.39 is 29.2 Å². The first-order valence-electron chi connectivity index (χ1n) is 14.8. The molecule has 0 atom stereocenters. The summed E-state index contributed by atoms with van der Waals surface area (Å²) in [5, 5.41) is 18.1. The number of nitriles is 1. The molecular weight excluding hydrogens is 728 g/mol. The number of amides is 2. The number of hydrogen-bond acceptors (Lipinski definition) is 10. The van der Waals surface area contributed by atoms with E-state index in [1.54, 1.807) is 43.6 Å². The molecule has 3 aromatic carbocycles. The Morgan fingerprint density at radius 3 is 2.35 bits per heavy atom. The van der Waals surface area contributed by atoms with Gasteiger partial charge >= 0.3 is 0 Å². The largest absolute Gasteiger partial charge is 0.451 e. The van der Waals surface area contributed by atoms with Crippen molar-refractivity contribution in [2.75, 3.05) is 23.0 Å². The summed E-state index contributed by atoms with van der Waals surface area (Å²) < 4.78 is 42.6. The number of carbonyl (C=O) groups excluding carboxylic acids is 2. The number of halogens is 3. The first-order valence-corrected chi connectivity index (χ1v) is 15.6. The summed E-state index contributed by atoms with van der Waals surface area (Å²) in [6, 6.07) is 16.6. The molecule has 0 aliphatic carbocycles. The summed E-state index contributed by atoms with van der Waals surface area (Å²) in [5.74, 6) is -3.48. The molecule has 3 aromatic heterocycles. The molecule has 0 spiro atoms. The highest BCUT2D eigenvalue weighted by molar-refractivity contribution is 9.10. The molecule has 13 nitrogen and oxygen atoms in total. The van der Waals surface area contributed by atoms with E-state index >= 15 is 0 Å². The monoisotopic (exact) mass is 750 g/mol. The third-order valence-electron chi connectivity index (χ3n) is 6.93. The number of ether oxygens (including phenoxy) is 2. The standard InChI is InChI=1S/C35H22BrF2N9O4/c1-40-23-8-24(46-35(49)31-7-22(36)2-3-44-31)10-27(9-23)50-29-16-43-19-47(17-29)26-5-20(13-39)4-21(6-26)34(48)45-25-11-30(37)33(38)32(12-25)51-28-14-41-18-42-15-28/h2-12,14-19,40H,1H3,(H-,45,46,48,49)/p+1. The van der Waals surface area contributed by atoms with Crippen LogP contribution in [0.5, 0.6) is 23.0 Å². The molecule has 0 saturated carbocycles. The van der Waals surface area contributed by atoms with Gasteiger partial charge in [0, 0.05) is 70.7 Å². The Morgan fingerprint density at radius 2 is 1.59 bits per heavy atom. The highest BCUT2D eigenvalue weighted by atomic mass is 79.9. The van der Waals surface area contributed by atoms with Gasteiger partial charge in [0.05, 0.1) is 24.0 Å². The molecule has 51 heavy (non-hydrogen) atoms. The van der Waals surface area contributed by atoms with E-state index in [0.29, 0.717) is 27.3 Å². The van der Waals surface area contributed by atoms with E-state index in [4.69, 9.17) is 9.47 Å². The zero-order valence-corrected chi connectivity index (χ0v) is 27.9. The topological polar surface area (TPSA) is 168 Å². The van der Waals surface area contributed by atoms with E-state index in [1.807, 2.05) is 6.07 Å². The van der Waals surface area contributed by atoms with Crippen LogP contribution in [0.4, 0.5) is 25.8 Å². The van der Waals surface area contributed by atoms with Gasteiger partial charge in [0.25, 0.3) is 18.1 Å². The summed E-state index contributed by atoms with van der Waals surface area (Å²) in [7, 11) is 1.72. The van der Waals surface area contributed by atoms with Crippen LogP contribution in [0.2, 0.25) is 0 Å². The molecule has 16 heteroatoms. The predicted octanol–water partition coefficient (Wildman–Crippen LogP) is 6.59. The SMILES string of the molecule is CNc1cc(NC(=O)c2cc(Br)ccn2)cc(Oc2cnc[n+](-c3cc(C#N)cc(C(=O)Nc4cc(F)c(F)c(Oc5cncnc5)c4)c3)c2)c1. The molecule has 3 heterocycles. The van der Waals surface area contributed by atoms with Crippen LogP contribution < -0.4 is 30.0 Å².